The van der Waals surface area contributed by atoms with Crippen molar-refractivity contribution in [2.45, 2.75) is 20.8 Å². The predicted molar refractivity (Wildman–Crippen MR) is 61.8 cm³/mol. The fraction of sp³-hybridized carbons (Fsp3) is 0.909. The van der Waals surface area contributed by atoms with Gasteiger partial charge in [-0.05, 0) is 13.1 Å². The Kier molecular flexibility index (Phi) is 8.33. The third kappa shape index (κ3) is 6.47. The van der Waals surface area contributed by atoms with Gasteiger partial charge in [0.05, 0.1) is 13.0 Å². The van der Waals surface area contributed by atoms with E-state index in [-0.39, 0.29) is 11.9 Å². The molecule has 4 nitrogen and oxygen atoms in total. The summed E-state index contributed by atoms with van der Waals surface area (Å²) in [5, 5.41) is 3.26. The topological polar surface area (TPSA) is 41.6 Å². The van der Waals surface area contributed by atoms with E-state index in [9.17, 15) is 4.79 Å². The molecule has 0 heterocycles. The molecule has 0 spiro atoms. The molecule has 0 fully saturated rings. The average molecular weight is 216 g/mol. The molecule has 0 aliphatic heterocycles. The van der Waals surface area contributed by atoms with Crippen molar-refractivity contribution in [3.8, 4) is 0 Å². The van der Waals surface area contributed by atoms with E-state index < -0.39 is 0 Å². The van der Waals surface area contributed by atoms with Crippen LogP contribution in [0, 0.1) is 5.92 Å². The fourth-order valence-corrected chi connectivity index (χ4v) is 1.38. The van der Waals surface area contributed by atoms with Crippen molar-refractivity contribution >= 4 is 5.97 Å². The zero-order valence-electron chi connectivity index (χ0n) is 10.4. The van der Waals surface area contributed by atoms with Crippen LogP contribution in [0.15, 0.2) is 0 Å². The maximum absolute atomic E-state index is 11.1. The molecule has 0 unspecified atom stereocenters. The lowest BCUT2D eigenvalue weighted by Gasteiger charge is -2.18. The van der Waals surface area contributed by atoms with Gasteiger partial charge in [0.15, 0.2) is 0 Å². The highest BCUT2D eigenvalue weighted by molar-refractivity contribution is 5.71. The Morgan fingerprint density at radius 2 is 2.00 bits per heavy atom. The highest BCUT2D eigenvalue weighted by Crippen LogP contribution is 1.94. The summed E-state index contributed by atoms with van der Waals surface area (Å²) in [4.78, 5) is 13.4. The molecule has 0 bridgehead atoms. The minimum atomic E-state index is -0.148. The molecule has 0 amide bonds. The van der Waals surface area contributed by atoms with E-state index in [0.717, 1.165) is 26.2 Å². The number of carbonyl (C=O) groups is 1. The molecule has 0 saturated carbocycles. The van der Waals surface area contributed by atoms with Crippen molar-refractivity contribution in [1.29, 1.82) is 0 Å². The van der Waals surface area contributed by atoms with Crippen LogP contribution >= 0.6 is 0 Å². The average Bonchev–Trinajstić information content (AvgIpc) is 2.27. The molecule has 15 heavy (non-hydrogen) atoms. The molecule has 0 rings (SSSR count). The lowest BCUT2D eigenvalue weighted by atomic mass is 10.2. The van der Waals surface area contributed by atoms with Crippen LogP contribution in [-0.2, 0) is 9.53 Å². The normalized spacial score (nSPS) is 12.9. The first-order valence-corrected chi connectivity index (χ1v) is 5.66. The van der Waals surface area contributed by atoms with Crippen molar-refractivity contribution in [1.82, 2.24) is 10.2 Å². The van der Waals surface area contributed by atoms with Crippen molar-refractivity contribution < 1.29 is 9.53 Å². The lowest BCUT2D eigenvalue weighted by molar-refractivity contribution is -0.144. The third-order valence-corrected chi connectivity index (χ3v) is 2.55. The van der Waals surface area contributed by atoms with E-state index in [2.05, 4.69) is 28.8 Å². The highest BCUT2D eigenvalue weighted by atomic mass is 16.5. The number of nitrogens with zero attached hydrogens (tertiary/aromatic N) is 1. The van der Waals surface area contributed by atoms with E-state index in [1.54, 1.807) is 0 Å². The number of hydrogen-bond acceptors (Lipinski definition) is 4. The van der Waals surface area contributed by atoms with Gasteiger partial charge in [0.1, 0.15) is 0 Å². The Hall–Kier alpha value is -0.610. The van der Waals surface area contributed by atoms with Gasteiger partial charge >= 0.3 is 5.97 Å². The number of ether oxygens (including phenoxy) is 1. The second-order valence-electron chi connectivity index (χ2n) is 3.66. The number of methoxy groups -OCH3 is 1. The first-order valence-electron chi connectivity index (χ1n) is 5.66. The van der Waals surface area contributed by atoms with Crippen LogP contribution < -0.4 is 5.32 Å². The summed E-state index contributed by atoms with van der Waals surface area (Å²) in [5.41, 5.74) is 0. The van der Waals surface area contributed by atoms with Crippen molar-refractivity contribution in [2.75, 3.05) is 39.8 Å². The zero-order valence-corrected chi connectivity index (χ0v) is 10.4. The number of esters is 1. The summed E-state index contributed by atoms with van der Waals surface area (Å²) >= 11 is 0. The maximum atomic E-state index is 11.1. The van der Waals surface area contributed by atoms with Gasteiger partial charge in [-0.1, -0.05) is 20.8 Å². The molecule has 0 aliphatic carbocycles. The van der Waals surface area contributed by atoms with E-state index in [1.165, 1.54) is 7.11 Å². The van der Waals surface area contributed by atoms with E-state index >= 15 is 0 Å². The monoisotopic (exact) mass is 216 g/mol. The van der Waals surface area contributed by atoms with Crippen LogP contribution in [0.2, 0.25) is 0 Å². The molecule has 1 atom stereocenters. The standard InChI is InChI=1S/C11H24N2O2/c1-5-13(6-2)8-7-12-9-10(3)11(14)15-4/h10,12H,5-9H2,1-4H3/t10-/m1/s1. The molecule has 1 N–H and O–H groups in total. The largest absolute Gasteiger partial charge is 0.469 e. The molecule has 4 heteroatoms. The molecule has 0 saturated heterocycles. The Balaban J connectivity index is 3.49. The number of likely N-dealkylation sites (N-methyl/N-ethyl adjacent to an activating group) is 1. The fourth-order valence-electron chi connectivity index (χ4n) is 1.38. The second-order valence-corrected chi connectivity index (χ2v) is 3.66. The van der Waals surface area contributed by atoms with Crippen molar-refractivity contribution in [2.24, 2.45) is 5.92 Å². The third-order valence-electron chi connectivity index (χ3n) is 2.55. The summed E-state index contributed by atoms with van der Waals surface area (Å²) in [6.07, 6.45) is 0. The molecule has 0 radical (unpaired) electrons. The van der Waals surface area contributed by atoms with Gasteiger partial charge in [-0.15, -0.1) is 0 Å². The van der Waals surface area contributed by atoms with Gasteiger partial charge in [-0.25, -0.2) is 0 Å². The number of carbonyl (C=O) groups excluding carboxylic acids is 1. The molecule has 0 aromatic rings. The molecular weight excluding hydrogens is 192 g/mol. The predicted octanol–water partition coefficient (Wildman–Crippen LogP) is 0.727. The summed E-state index contributed by atoms with van der Waals surface area (Å²) in [6, 6.07) is 0. The van der Waals surface area contributed by atoms with Gasteiger partial charge in [0.2, 0.25) is 0 Å². The Morgan fingerprint density at radius 3 is 2.47 bits per heavy atom. The maximum Gasteiger partial charge on any atom is 0.309 e. The molecule has 0 aliphatic rings. The quantitative estimate of drug-likeness (QED) is 0.480. The van der Waals surface area contributed by atoms with E-state index in [4.69, 9.17) is 0 Å². The summed E-state index contributed by atoms with van der Waals surface area (Å²) in [7, 11) is 1.43. The van der Waals surface area contributed by atoms with Gasteiger partial charge < -0.3 is 15.0 Å². The molecular formula is C11H24N2O2. The summed E-state index contributed by atoms with van der Waals surface area (Å²) in [6.45, 7) is 11.0. The smallest absolute Gasteiger partial charge is 0.309 e. The number of nitrogens with one attached hydrogen (secondary N) is 1. The summed E-state index contributed by atoms with van der Waals surface area (Å²) in [5.74, 6) is -0.211. The van der Waals surface area contributed by atoms with Crippen LogP contribution in [0.4, 0.5) is 0 Å². The minimum absolute atomic E-state index is 0.0632. The van der Waals surface area contributed by atoms with Gasteiger partial charge in [0, 0.05) is 19.6 Å². The molecule has 0 aromatic heterocycles. The first-order chi connectivity index (χ1) is 7.15. The van der Waals surface area contributed by atoms with Crippen LogP contribution in [0.1, 0.15) is 20.8 Å². The van der Waals surface area contributed by atoms with Gasteiger partial charge in [-0.2, -0.15) is 0 Å². The van der Waals surface area contributed by atoms with E-state index in [0.29, 0.717) is 6.54 Å². The second kappa shape index (κ2) is 8.68. The van der Waals surface area contributed by atoms with Crippen LogP contribution in [0.25, 0.3) is 0 Å². The molecule has 90 valence electrons. The van der Waals surface area contributed by atoms with Crippen molar-refractivity contribution in [3.05, 3.63) is 0 Å². The van der Waals surface area contributed by atoms with E-state index in [1.807, 2.05) is 6.92 Å². The number of hydrogen-bond donors (Lipinski definition) is 1. The first kappa shape index (κ1) is 14.4. The zero-order chi connectivity index (χ0) is 11.7. The van der Waals surface area contributed by atoms with Crippen LogP contribution in [0.5, 0.6) is 0 Å². The highest BCUT2D eigenvalue weighted by Gasteiger charge is 2.11. The minimum Gasteiger partial charge on any atom is -0.469 e. The number of rotatable bonds is 8. The lowest BCUT2D eigenvalue weighted by Crippen LogP contribution is -2.35. The summed E-state index contributed by atoms with van der Waals surface area (Å²) < 4.78 is 4.64. The van der Waals surface area contributed by atoms with Crippen LogP contribution in [-0.4, -0.2) is 50.7 Å². The van der Waals surface area contributed by atoms with Gasteiger partial charge in [-0.3, -0.25) is 4.79 Å². The SMILES string of the molecule is CCN(CC)CCNC[C@@H](C)C(=O)OC. The molecule has 0 aromatic carbocycles. The van der Waals surface area contributed by atoms with Crippen LogP contribution in [0.3, 0.4) is 0 Å². The Bertz CT molecular complexity index is 170. The Morgan fingerprint density at radius 1 is 1.40 bits per heavy atom. The Labute approximate surface area is 93.0 Å². The van der Waals surface area contributed by atoms with Crippen molar-refractivity contribution in [3.63, 3.8) is 0 Å². The van der Waals surface area contributed by atoms with Gasteiger partial charge in [0.25, 0.3) is 0 Å².